The Hall–Kier alpha value is -2.36. The van der Waals surface area contributed by atoms with Gasteiger partial charge in [-0.15, -0.1) is 0 Å². The summed E-state index contributed by atoms with van der Waals surface area (Å²) in [6, 6.07) is 9.65. The van der Waals surface area contributed by atoms with Gasteiger partial charge in [0.2, 0.25) is 0 Å². The third-order valence-electron chi connectivity index (χ3n) is 3.03. The number of hydrogen-bond acceptors (Lipinski definition) is 3. The fraction of sp³-hybridized carbons (Fsp3) is 0.250. The Labute approximate surface area is 119 Å². The van der Waals surface area contributed by atoms with Gasteiger partial charge in [-0.1, -0.05) is 26.0 Å². The summed E-state index contributed by atoms with van der Waals surface area (Å²) in [6.07, 6.45) is 1.59. The van der Waals surface area contributed by atoms with Crippen LogP contribution in [0.1, 0.15) is 36.6 Å². The van der Waals surface area contributed by atoms with Gasteiger partial charge in [0.05, 0.1) is 6.20 Å². The van der Waals surface area contributed by atoms with E-state index in [-0.39, 0.29) is 5.84 Å². The van der Waals surface area contributed by atoms with E-state index in [2.05, 4.69) is 31.0 Å². The maximum Gasteiger partial charge on any atom is 0.145 e. The third kappa shape index (κ3) is 3.15. The van der Waals surface area contributed by atoms with Crippen molar-refractivity contribution in [2.45, 2.75) is 26.7 Å². The van der Waals surface area contributed by atoms with Crippen molar-refractivity contribution in [1.82, 2.24) is 4.98 Å². The van der Waals surface area contributed by atoms with Crippen molar-refractivity contribution < 1.29 is 4.74 Å². The Morgan fingerprint density at radius 3 is 2.55 bits per heavy atom. The predicted octanol–water partition coefficient (Wildman–Crippen LogP) is 3.59. The van der Waals surface area contributed by atoms with Crippen LogP contribution in [0.25, 0.3) is 0 Å². The Balaban J connectivity index is 2.29. The van der Waals surface area contributed by atoms with Crippen molar-refractivity contribution in [1.29, 1.82) is 5.41 Å². The Morgan fingerprint density at radius 1 is 1.25 bits per heavy atom. The molecule has 0 amide bonds. The second-order valence-electron chi connectivity index (χ2n) is 5.09. The molecular formula is C16H19N3O. The molecule has 0 saturated heterocycles. The summed E-state index contributed by atoms with van der Waals surface area (Å²) in [5, 5.41) is 7.32. The first-order chi connectivity index (χ1) is 9.47. The highest BCUT2D eigenvalue weighted by atomic mass is 16.5. The minimum absolute atomic E-state index is 0.0463. The summed E-state index contributed by atoms with van der Waals surface area (Å²) in [4.78, 5) is 4.10. The fourth-order valence-corrected chi connectivity index (χ4v) is 1.93. The van der Waals surface area contributed by atoms with Crippen LogP contribution in [0.3, 0.4) is 0 Å². The molecule has 104 valence electrons. The van der Waals surface area contributed by atoms with E-state index in [4.69, 9.17) is 15.9 Å². The maximum atomic E-state index is 7.32. The standard InChI is InChI=1S/C16H19N3O/c1-10(2)13-6-4-11(3)8-15(13)20-12-5-7-14(16(17)18)19-9-12/h4-10H,1-3H3,(H3,17,18). The van der Waals surface area contributed by atoms with Crippen LogP contribution in [0.2, 0.25) is 0 Å². The first-order valence-electron chi connectivity index (χ1n) is 6.56. The predicted molar refractivity (Wildman–Crippen MR) is 80.6 cm³/mol. The van der Waals surface area contributed by atoms with E-state index in [0.29, 0.717) is 17.4 Å². The minimum Gasteiger partial charge on any atom is -0.455 e. The highest BCUT2D eigenvalue weighted by molar-refractivity contribution is 5.92. The topological polar surface area (TPSA) is 72.0 Å². The number of pyridine rings is 1. The minimum atomic E-state index is -0.0463. The maximum absolute atomic E-state index is 7.32. The molecule has 0 radical (unpaired) electrons. The molecule has 0 atom stereocenters. The zero-order valence-electron chi connectivity index (χ0n) is 12.0. The van der Waals surface area contributed by atoms with Gasteiger partial charge in [0, 0.05) is 0 Å². The van der Waals surface area contributed by atoms with Gasteiger partial charge in [-0.25, -0.2) is 4.98 Å². The van der Waals surface area contributed by atoms with Crippen LogP contribution in [0.5, 0.6) is 11.5 Å². The van der Waals surface area contributed by atoms with Crippen LogP contribution in [0.15, 0.2) is 36.5 Å². The second kappa shape index (κ2) is 5.74. The molecule has 0 spiro atoms. The van der Waals surface area contributed by atoms with Crippen molar-refractivity contribution in [2.75, 3.05) is 0 Å². The highest BCUT2D eigenvalue weighted by Gasteiger charge is 2.09. The summed E-state index contributed by atoms with van der Waals surface area (Å²) < 4.78 is 5.91. The molecule has 3 N–H and O–H groups in total. The number of ether oxygens (including phenoxy) is 1. The number of nitrogens with zero attached hydrogens (tertiary/aromatic N) is 1. The normalized spacial score (nSPS) is 10.6. The fourth-order valence-electron chi connectivity index (χ4n) is 1.93. The smallest absolute Gasteiger partial charge is 0.145 e. The van der Waals surface area contributed by atoms with Crippen molar-refractivity contribution in [3.8, 4) is 11.5 Å². The molecule has 2 rings (SSSR count). The van der Waals surface area contributed by atoms with Crippen LogP contribution in [0.4, 0.5) is 0 Å². The number of nitrogens with two attached hydrogens (primary N) is 1. The van der Waals surface area contributed by atoms with Crippen LogP contribution in [-0.4, -0.2) is 10.8 Å². The molecule has 0 aliphatic rings. The average Bonchev–Trinajstić information content (AvgIpc) is 2.39. The summed E-state index contributed by atoms with van der Waals surface area (Å²) >= 11 is 0. The van der Waals surface area contributed by atoms with E-state index in [9.17, 15) is 0 Å². The van der Waals surface area contributed by atoms with E-state index in [1.54, 1.807) is 18.3 Å². The lowest BCUT2D eigenvalue weighted by Crippen LogP contribution is -2.12. The lowest BCUT2D eigenvalue weighted by molar-refractivity contribution is 0.470. The van der Waals surface area contributed by atoms with Crippen molar-refractivity contribution >= 4 is 5.84 Å². The van der Waals surface area contributed by atoms with E-state index in [1.165, 1.54) is 0 Å². The van der Waals surface area contributed by atoms with Gasteiger partial charge >= 0.3 is 0 Å². The van der Waals surface area contributed by atoms with E-state index in [0.717, 1.165) is 16.9 Å². The number of aromatic nitrogens is 1. The van der Waals surface area contributed by atoms with Crippen LogP contribution in [-0.2, 0) is 0 Å². The number of hydrogen-bond donors (Lipinski definition) is 2. The summed E-state index contributed by atoms with van der Waals surface area (Å²) in [7, 11) is 0. The third-order valence-corrected chi connectivity index (χ3v) is 3.03. The van der Waals surface area contributed by atoms with Crippen molar-refractivity contribution in [3.63, 3.8) is 0 Å². The number of nitrogens with one attached hydrogen (secondary N) is 1. The van der Waals surface area contributed by atoms with Gasteiger partial charge in [-0.2, -0.15) is 0 Å². The quantitative estimate of drug-likeness (QED) is 0.658. The van der Waals surface area contributed by atoms with Gasteiger partial charge in [-0.3, -0.25) is 5.41 Å². The summed E-state index contributed by atoms with van der Waals surface area (Å²) in [6.45, 7) is 6.30. The number of benzene rings is 1. The molecular weight excluding hydrogens is 250 g/mol. The monoisotopic (exact) mass is 269 g/mol. The molecule has 4 nitrogen and oxygen atoms in total. The average molecular weight is 269 g/mol. The largest absolute Gasteiger partial charge is 0.455 e. The zero-order valence-corrected chi connectivity index (χ0v) is 12.0. The molecule has 1 heterocycles. The Kier molecular flexibility index (Phi) is 4.03. The zero-order chi connectivity index (χ0) is 14.7. The molecule has 0 bridgehead atoms. The van der Waals surface area contributed by atoms with E-state index < -0.39 is 0 Å². The van der Waals surface area contributed by atoms with Gasteiger partial charge < -0.3 is 10.5 Å². The Morgan fingerprint density at radius 2 is 2.00 bits per heavy atom. The van der Waals surface area contributed by atoms with E-state index >= 15 is 0 Å². The summed E-state index contributed by atoms with van der Waals surface area (Å²) in [5.41, 5.74) is 8.14. The molecule has 2 aromatic rings. The van der Waals surface area contributed by atoms with Crippen molar-refractivity contribution in [2.24, 2.45) is 5.73 Å². The van der Waals surface area contributed by atoms with Crippen LogP contribution in [0, 0.1) is 12.3 Å². The second-order valence-corrected chi connectivity index (χ2v) is 5.09. The number of nitrogen functional groups attached to an aromatic ring is 1. The summed E-state index contributed by atoms with van der Waals surface area (Å²) in [5.74, 6) is 1.82. The van der Waals surface area contributed by atoms with Crippen molar-refractivity contribution in [3.05, 3.63) is 53.3 Å². The van der Waals surface area contributed by atoms with Gasteiger partial charge in [0.25, 0.3) is 0 Å². The molecule has 4 heteroatoms. The molecule has 0 unspecified atom stereocenters. The molecule has 20 heavy (non-hydrogen) atoms. The van der Waals surface area contributed by atoms with Gasteiger partial charge in [0.1, 0.15) is 23.0 Å². The molecule has 0 aliphatic carbocycles. The number of rotatable bonds is 4. The van der Waals surface area contributed by atoms with Crippen LogP contribution >= 0.6 is 0 Å². The molecule has 0 aliphatic heterocycles. The first-order valence-corrected chi connectivity index (χ1v) is 6.56. The molecule has 1 aromatic heterocycles. The van der Waals surface area contributed by atoms with Gasteiger partial charge in [0.15, 0.2) is 0 Å². The highest BCUT2D eigenvalue weighted by Crippen LogP contribution is 2.31. The lowest BCUT2D eigenvalue weighted by atomic mass is 10.0. The first kappa shape index (κ1) is 14.1. The lowest BCUT2D eigenvalue weighted by Gasteiger charge is -2.14. The van der Waals surface area contributed by atoms with Crippen LogP contribution < -0.4 is 10.5 Å². The molecule has 1 aromatic carbocycles. The van der Waals surface area contributed by atoms with E-state index in [1.807, 2.05) is 13.0 Å². The number of amidine groups is 1. The van der Waals surface area contributed by atoms with Gasteiger partial charge in [-0.05, 0) is 42.2 Å². The Bertz CT molecular complexity index is 618. The molecule has 0 saturated carbocycles. The number of aryl methyl sites for hydroxylation is 1. The SMILES string of the molecule is Cc1ccc(C(C)C)c(Oc2ccc(C(=N)N)nc2)c1. The molecule has 0 fully saturated rings.